The first kappa shape index (κ1) is 36.6. The zero-order valence-electron chi connectivity index (χ0n) is 29.8. The van der Waals surface area contributed by atoms with Crippen LogP contribution in [0.1, 0.15) is 61.5 Å². The summed E-state index contributed by atoms with van der Waals surface area (Å²) in [5.41, 5.74) is 0.656. The van der Waals surface area contributed by atoms with E-state index in [0.29, 0.717) is 29.3 Å². The van der Waals surface area contributed by atoms with Crippen molar-refractivity contribution in [1.29, 1.82) is 5.26 Å². The van der Waals surface area contributed by atoms with Crippen molar-refractivity contribution in [2.45, 2.75) is 108 Å². The number of anilines is 1. The van der Waals surface area contributed by atoms with Crippen molar-refractivity contribution in [2.24, 2.45) is 0 Å². The van der Waals surface area contributed by atoms with E-state index in [0.717, 1.165) is 59.5 Å². The summed E-state index contributed by atoms with van der Waals surface area (Å²) in [5, 5.41) is 17.8. The number of ether oxygens (including phenoxy) is 3. The molecule has 2 bridgehead atoms. The number of hydrogen-bond acceptors (Lipinski definition) is 10. The van der Waals surface area contributed by atoms with Crippen LogP contribution in [-0.4, -0.2) is 58.7 Å². The fraction of sp³-hybridized carbons (Fsp3) is 0.486. The van der Waals surface area contributed by atoms with E-state index < -0.39 is 31.4 Å². The number of rotatable bonds is 13. The quantitative estimate of drug-likeness (QED) is 0.107. The summed E-state index contributed by atoms with van der Waals surface area (Å²) in [6.45, 7) is 6.90. The van der Waals surface area contributed by atoms with Gasteiger partial charge in [-0.25, -0.2) is 9.36 Å². The molecule has 2 aromatic heterocycles. The molecule has 7 rings (SSSR count). The van der Waals surface area contributed by atoms with E-state index >= 15 is 0 Å². The summed E-state index contributed by atoms with van der Waals surface area (Å²) in [4.78, 5) is 28.5. The lowest BCUT2D eigenvalue weighted by Gasteiger charge is -2.40. The second-order valence-electron chi connectivity index (χ2n) is 15.1. The second kappa shape index (κ2) is 14.6. The van der Waals surface area contributed by atoms with Crippen LogP contribution < -0.4 is 20.9 Å². The Hall–Kier alpha value is -4.72. The van der Waals surface area contributed by atoms with Crippen molar-refractivity contribution in [3.8, 4) is 28.8 Å². The lowest BCUT2D eigenvalue weighted by Crippen LogP contribution is -2.45. The zero-order chi connectivity index (χ0) is 37.5. The first-order valence-electron chi connectivity index (χ1n) is 17.9. The lowest BCUT2D eigenvalue weighted by atomic mass is 9.98. The topological polar surface area (TPSA) is 138 Å². The van der Waals surface area contributed by atoms with Crippen LogP contribution in [0.2, 0.25) is 25.7 Å². The molecule has 0 radical (unpaired) electrons. The molecule has 16 heteroatoms. The van der Waals surface area contributed by atoms with Crippen molar-refractivity contribution in [3.05, 3.63) is 86.4 Å². The van der Waals surface area contributed by atoms with E-state index in [1.807, 2.05) is 12.1 Å². The fourth-order valence-corrected chi connectivity index (χ4v) is 8.02. The van der Waals surface area contributed by atoms with E-state index in [-0.39, 0.29) is 48.8 Å². The molecule has 0 amide bonds. The highest BCUT2D eigenvalue weighted by atomic mass is 28.3. The SMILES string of the molecule is C[Si](C)(C)CCOCn1c(=O)c(C#N)nn(-c2ccc(N3C4CCC3CC(OCc3c(-c5ccccc5OC(F)(F)F)noc3C3CC3)C4)cc2)c1=O. The second-order valence-corrected chi connectivity index (χ2v) is 20.8. The predicted octanol–water partition coefficient (Wildman–Crippen LogP) is 6.73. The molecule has 2 aliphatic heterocycles. The molecule has 3 fully saturated rings. The van der Waals surface area contributed by atoms with E-state index in [2.05, 4.69) is 39.5 Å². The van der Waals surface area contributed by atoms with E-state index in [1.165, 1.54) is 12.1 Å². The summed E-state index contributed by atoms with van der Waals surface area (Å²) in [5.74, 6) is 0.479. The standard InChI is InChI=1S/C37H41F3N6O6Si/c1-53(2,3)17-16-49-22-44-35(47)31(20-41)42-46(36(44)48)25-12-10-24(11-13-25)45-26-14-15-27(45)19-28(18-26)50-21-30-33(43-52-34(30)23-8-9-23)29-6-4-5-7-32(29)51-37(38,39)40/h4-7,10-13,23,26-28H,8-9,14-19,21-22H2,1-3H3. The number of halogens is 3. The number of alkyl halides is 3. The van der Waals surface area contributed by atoms with Gasteiger partial charge in [0.15, 0.2) is 0 Å². The molecule has 1 aliphatic carbocycles. The van der Waals surface area contributed by atoms with Crippen LogP contribution in [0.4, 0.5) is 18.9 Å². The molecule has 280 valence electrons. The molecule has 0 N–H and O–H groups in total. The van der Waals surface area contributed by atoms with Crippen molar-refractivity contribution < 1.29 is 31.9 Å². The largest absolute Gasteiger partial charge is 0.573 e. The smallest absolute Gasteiger partial charge is 0.405 e. The molecule has 2 saturated heterocycles. The number of aromatic nitrogens is 4. The maximum absolute atomic E-state index is 13.4. The van der Waals surface area contributed by atoms with E-state index in [1.54, 1.807) is 30.3 Å². The first-order chi connectivity index (χ1) is 25.3. The van der Waals surface area contributed by atoms with E-state index in [4.69, 9.17) is 14.0 Å². The van der Waals surface area contributed by atoms with Crippen LogP contribution in [0.5, 0.6) is 5.75 Å². The summed E-state index contributed by atoms with van der Waals surface area (Å²) >= 11 is 0. The monoisotopic (exact) mass is 750 g/mol. The summed E-state index contributed by atoms with van der Waals surface area (Å²) in [6.07, 6.45) is 0.343. The molecule has 3 aliphatic rings. The highest BCUT2D eigenvalue weighted by molar-refractivity contribution is 6.76. The maximum atomic E-state index is 13.4. The number of benzene rings is 2. The van der Waals surface area contributed by atoms with Gasteiger partial charge in [-0.1, -0.05) is 36.9 Å². The van der Waals surface area contributed by atoms with Gasteiger partial charge in [0.2, 0.25) is 5.69 Å². The Morgan fingerprint density at radius 3 is 2.30 bits per heavy atom. The number of para-hydroxylation sites is 1. The average molecular weight is 751 g/mol. The minimum atomic E-state index is -4.85. The van der Waals surface area contributed by atoms with Gasteiger partial charge in [0, 0.05) is 49.5 Å². The number of fused-ring (bicyclic) bond motifs is 2. The number of piperidine rings is 1. The van der Waals surface area contributed by atoms with Crippen LogP contribution in [0.25, 0.3) is 16.9 Å². The summed E-state index contributed by atoms with van der Waals surface area (Å²) < 4.78 is 63.8. The Morgan fingerprint density at radius 2 is 1.66 bits per heavy atom. The third-order valence-corrected chi connectivity index (χ3v) is 11.8. The van der Waals surface area contributed by atoms with Gasteiger partial charge >= 0.3 is 12.1 Å². The molecule has 2 aromatic carbocycles. The Kier molecular flexibility index (Phi) is 10.1. The van der Waals surface area contributed by atoms with Crippen LogP contribution in [0.15, 0.2) is 62.6 Å². The Balaban J connectivity index is 1.05. The molecule has 4 aromatic rings. The highest BCUT2D eigenvalue weighted by Gasteiger charge is 2.42. The fourth-order valence-electron chi connectivity index (χ4n) is 7.27. The van der Waals surface area contributed by atoms with Crippen LogP contribution >= 0.6 is 0 Å². The normalized spacial score (nSPS) is 20.1. The van der Waals surface area contributed by atoms with Gasteiger partial charge in [-0.15, -0.1) is 18.3 Å². The summed E-state index contributed by atoms with van der Waals surface area (Å²) in [6, 6.07) is 16.3. The first-order valence-corrected chi connectivity index (χ1v) is 21.6. The van der Waals surface area contributed by atoms with Crippen molar-refractivity contribution in [2.75, 3.05) is 11.5 Å². The zero-order valence-corrected chi connectivity index (χ0v) is 30.8. The molecule has 4 heterocycles. The number of nitrogens with zero attached hydrogens (tertiary/aromatic N) is 6. The molecular formula is C37H41F3N6O6Si. The van der Waals surface area contributed by atoms with E-state index in [9.17, 15) is 28.0 Å². The average Bonchev–Trinajstić information content (AvgIpc) is 3.81. The number of nitriles is 1. The third kappa shape index (κ3) is 8.12. The molecule has 0 spiro atoms. The molecular weight excluding hydrogens is 710 g/mol. The van der Waals surface area contributed by atoms with Crippen molar-refractivity contribution in [1.82, 2.24) is 19.5 Å². The summed E-state index contributed by atoms with van der Waals surface area (Å²) in [7, 11) is -1.38. The molecule has 2 atom stereocenters. The maximum Gasteiger partial charge on any atom is 0.573 e. The van der Waals surface area contributed by atoms with Gasteiger partial charge < -0.3 is 23.6 Å². The molecule has 1 saturated carbocycles. The van der Waals surface area contributed by atoms with Gasteiger partial charge in [-0.2, -0.15) is 9.94 Å². The van der Waals surface area contributed by atoms with Crippen molar-refractivity contribution >= 4 is 13.8 Å². The minimum absolute atomic E-state index is 0.0827. The number of hydrogen-bond donors (Lipinski definition) is 0. The predicted molar refractivity (Wildman–Crippen MR) is 191 cm³/mol. The highest BCUT2D eigenvalue weighted by Crippen LogP contribution is 2.46. The van der Waals surface area contributed by atoms with Crippen LogP contribution in [-0.2, 0) is 22.8 Å². The minimum Gasteiger partial charge on any atom is -0.405 e. The molecule has 53 heavy (non-hydrogen) atoms. The lowest BCUT2D eigenvalue weighted by molar-refractivity contribution is -0.274. The molecule has 2 unspecified atom stereocenters. The van der Waals surface area contributed by atoms with Crippen LogP contribution in [0, 0.1) is 11.3 Å². The Morgan fingerprint density at radius 1 is 0.981 bits per heavy atom. The van der Waals surface area contributed by atoms with Gasteiger partial charge in [0.05, 0.1) is 18.4 Å². The van der Waals surface area contributed by atoms with Gasteiger partial charge in [-0.05, 0) is 81.0 Å². The molecule has 12 nitrogen and oxygen atoms in total. The van der Waals surface area contributed by atoms with Crippen LogP contribution in [0.3, 0.4) is 0 Å². The third-order valence-electron chi connectivity index (χ3n) is 10.1. The Labute approximate surface area is 304 Å². The van der Waals surface area contributed by atoms with Gasteiger partial charge in [0.1, 0.15) is 30.0 Å². The van der Waals surface area contributed by atoms with Crippen molar-refractivity contribution in [3.63, 3.8) is 0 Å². The Bertz CT molecular complexity index is 2100. The van der Waals surface area contributed by atoms with Gasteiger partial charge in [-0.3, -0.25) is 4.79 Å². The van der Waals surface area contributed by atoms with Gasteiger partial charge in [0.25, 0.3) is 5.56 Å².